The number of halogens is 1. The normalized spacial score (nSPS) is 19.4. The molecule has 0 spiro atoms. The molecule has 0 unspecified atom stereocenters. The topological polar surface area (TPSA) is 41.6 Å². The molecule has 1 heterocycles. The Morgan fingerprint density at radius 2 is 2.16 bits per heavy atom. The summed E-state index contributed by atoms with van der Waals surface area (Å²) in [5.74, 6) is 0.498. The smallest absolute Gasteiger partial charge is 0.261 e. The summed E-state index contributed by atoms with van der Waals surface area (Å²) in [4.78, 5) is 14.9. The van der Waals surface area contributed by atoms with Crippen molar-refractivity contribution in [1.29, 1.82) is 0 Å². The second kappa shape index (κ2) is 10.7. The van der Waals surface area contributed by atoms with Gasteiger partial charge in [-0.25, -0.2) is 0 Å². The fraction of sp³-hybridized carbons (Fsp3) is 0.650. The molecule has 0 aliphatic carbocycles. The molecule has 4 nitrogen and oxygen atoms in total. The lowest BCUT2D eigenvalue weighted by molar-refractivity contribution is -0.128. The molecule has 1 aromatic rings. The van der Waals surface area contributed by atoms with Crippen LogP contribution in [0.2, 0.25) is 5.02 Å². The Kier molecular flexibility index (Phi) is 8.56. The number of carbonyl (C=O) groups is 1. The summed E-state index contributed by atoms with van der Waals surface area (Å²) in [6.45, 7) is 7.15. The Balaban J connectivity index is 1.73. The van der Waals surface area contributed by atoms with E-state index < -0.39 is 6.10 Å². The number of hydrogen-bond acceptors (Lipinski definition) is 3. The lowest BCUT2D eigenvalue weighted by atomic mass is 10.00. The number of hydrogen-bond donors (Lipinski definition) is 1. The molecule has 1 saturated heterocycles. The molecule has 1 fully saturated rings. The molecule has 5 heteroatoms. The van der Waals surface area contributed by atoms with Crippen molar-refractivity contribution in [3.05, 3.63) is 29.3 Å². The summed E-state index contributed by atoms with van der Waals surface area (Å²) >= 11 is 6.11. The van der Waals surface area contributed by atoms with Crippen LogP contribution in [0.1, 0.15) is 52.4 Å². The third-order valence-electron chi connectivity index (χ3n) is 4.91. The predicted octanol–water partition coefficient (Wildman–Crippen LogP) is 4.27. The molecule has 2 atom stereocenters. The maximum atomic E-state index is 12.4. The third kappa shape index (κ3) is 6.19. The Labute approximate surface area is 156 Å². The zero-order valence-corrected chi connectivity index (χ0v) is 16.2. The Morgan fingerprint density at radius 1 is 1.36 bits per heavy atom. The summed E-state index contributed by atoms with van der Waals surface area (Å²) in [5.41, 5.74) is 0. The average Bonchev–Trinajstić information content (AvgIpc) is 2.64. The number of amides is 1. The van der Waals surface area contributed by atoms with Gasteiger partial charge in [-0.15, -0.1) is 0 Å². The molecule has 25 heavy (non-hydrogen) atoms. The first-order valence-corrected chi connectivity index (χ1v) is 9.96. The molecule has 1 N–H and O–H groups in total. The van der Waals surface area contributed by atoms with Gasteiger partial charge in [0.05, 0.1) is 5.02 Å². The van der Waals surface area contributed by atoms with E-state index in [4.69, 9.17) is 16.3 Å². The number of benzene rings is 1. The molecule has 0 aromatic heterocycles. The van der Waals surface area contributed by atoms with Crippen molar-refractivity contribution in [3.63, 3.8) is 0 Å². The SMILES string of the molecule is CC[C@H]1CCCCN1CCCNC(=O)[C@@H](CC)Oc1ccccc1Cl. The number of para-hydroxylation sites is 1. The van der Waals surface area contributed by atoms with Gasteiger partial charge in [-0.2, -0.15) is 0 Å². The van der Waals surface area contributed by atoms with Crippen LogP contribution in [0.3, 0.4) is 0 Å². The van der Waals surface area contributed by atoms with E-state index in [1.165, 1.54) is 32.2 Å². The van der Waals surface area contributed by atoms with Crippen molar-refractivity contribution in [2.24, 2.45) is 0 Å². The van der Waals surface area contributed by atoms with E-state index in [1.807, 2.05) is 19.1 Å². The van der Waals surface area contributed by atoms with Crippen molar-refractivity contribution >= 4 is 17.5 Å². The molecule has 1 amide bonds. The van der Waals surface area contributed by atoms with Crippen molar-refractivity contribution < 1.29 is 9.53 Å². The number of carbonyl (C=O) groups excluding carboxylic acids is 1. The maximum Gasteiger partial charge on any atom is 0.261 e. The highest BCUT2D eigenvalue weighted by atomic mass is 35.5. The number of nitrogens with one attached hydrogen (secondary N) is 1. The molecule has 2 rings (SSSR count). The molecular weight excluding hydrogens is 336 g/mol. The van der Waals surface area contributed by atoms with E-state index in [0.717, 1.165) is 19.0 Å². The number of piperidine rings is 1. The van der Waals surface area contributed by atoms with E-state index in [-0.39, 0.29) is 5.91 Å². The van der Waals surface area contributed by atoms with Crippen LogP contribution in [-0.2, 0) is 4.79 Å². The third-order valence-corrected chi connectivity index (χ3v) is 5.22. The molecular formula is C20H31ClN2O2. The number of likely N-dealkylation sites (tertiary alicyclic amines) is 1. The number of ether oxygens (including phenoxy) is 1. The zero-order chi connectivity index (χ0) is 18.1. The van der Waals surface area contributed by atoms with Gasteiger partial charge >= 0.3 is 0 Å². The minimum Gasteiger partial charge on any atom is -0.479 e. The monoisotopic (exact) mass is 366 g/mol. The summed E-state index contributed by atoms with van der Waals surface area (Å²) in [6.07, 6.45) is 6.27. The molecule has 0 radical (unpaired) electrons. The minimum absolute atomic E-state index is 0.0619. The standard InChI is InChI=1S/C20H31ClN2O2/c1-3-16-10-7-8-14-23(16)15-9-13-22-20(24)18(4-2)25-19-12-6-5-11-17(19)21/h5-6,11-12,16,18H,3-4,7-10,13-15H2,1-2H3,(H,22,24)/t16-,18+/m0/s1. The van der Waals surface area contributed by atoms with Crippen LogP contribution in [-0.4, -0.2) is 42.6 Å². The van der Waals surface area contributed by atoms with Crippen LogP contribution in [0.15, 0.2) is 24.3 Å². The summed E-state index contributed by atoms with van der Waals surface area (Å²) in [7, 11) is 0. The molecule has 1 aromatic carbocycles. The fourth-order valence-corrected chi connectivity index (χ4v) is 3.62. The van der Waals surface area contributed by atoms with Gasteiger partial charge in [0.1, 0.15) is 5.75 Å². The average molecular weight is 367 g/mol. The van der Waals surface area contributed by atoms with Crippen LogP contribution < -0.4 is 10.1 Å². The molecule has 1 aliphatic rings. The van der Waals surface area contributed by atoms with Gasteiger partial charge in [0.2, 0.25) is 0 Å². The van der Waals surface area contributed by atoms with Crippen LogP contribution in [0, 0.1) is 0 Å². The molecule has 1 aliphatic heterocycles. The quantitative estimate of drug-likeness (QED) is 0.663. The zero-order valence-electron chi connectivity index (χ0n) is 15.5. The van der Waals surface area contributed by atoms with Crippen molar-refractivity contribution in [2.45, 2.75) is 64.5 Å². The highest BCUT2D eigenvalue weighted by Gasteiger charge is 2.21. The summed E-state index contributed by atoms with van der Waals surface area (Å²) in [5, 5.41) is 3.54. The van der Waals surface area contributed by atoms with Crippen molar-refractivity contribution in [1.82, 2.24) is 10.2 Å². The Bertz CT molecular complexity index is 538. The Morgan fingerprint density at radius 3 is 2.88 bits per heavy atom. The summed E-state index contributed by atoms with van der Waals surface area (Å²) in [6, 6.07) is 7.98. The summed E-state index contributed by atoms with van der Waals surface area (Å²) < 4.78 is 5.78. The van der Waals surface area contributed by atoms with Crippen molar-refractivity contribution in [2.75, 3.05) is 19.6 Å². The van der Waals surface area contributed by atoms with Gasteiger partial charge in [-0.3, -0.25) is 4.79 Å². The Hall–Kier alpha value is -1.26. The molecule has 140 valence electrons. The van der Waals surface area contributed by atoms with Gasteiger partial charge in [-0.05, 0) is 50.8 Å². The van der Waals surface area contributed by atoms with E-state index in [2.05, 4.69) is 17.1 Å². The van der Waals surface area contributed by atoms with Gasteiger partial charge in [0, 0.05) is 19.1 Å². The van der Waals surface area contributed by atoms with Crippen LogP contribution >= 0.6 is 11.6 Å². The maximum absolute atomic E-state index is 12.4. The first-order valence-electron chi connectivity index (χ1n) is 9.58. The largest absolute Gasteiger partial charge is 0.479 e. The number of nitrogens with zero attached hydrogens (tertiary/aromatic N) is 1. The highest BCUT2D eigenvalue weighted by molar-refractivity contribution is 6.32. The highest BCUT2D eigenvalue weighted by Crippen LogP contribution is 2.25. The molecule has 0 bridgehead atoms. The van der Waals surface area contributed by atoms with Gasteiger partial charge < -0.3 is 15.0 Å². The molecule has 0 saturated carbocycles. The second-order valence-electron chi connectivity index (χ2n) is 6.68. The van der Waals surface area contributed by atoms with Gasteiger partial charge in [-0.1, -0.05) is 44.0 Å². The van der Waals surface area contributed by atoms with Gasteiger partial charge in [0.15, 0.2) is 6.10 Å². The first-order chi connectivity index (χ1) is 12.2. The van der Waals surface area contributed by atoms with E-state index in [0.29, 0.717) is 23.7 Å². The van der Waals surface area contributed by atoms with E-state index in [9.17, 15) is 4.79 Å². The first kappa shape index (κ1) is 20.1. The van der Waals surface area contributed by atoms with E-state index >= 15 is 0 Å². The van der Waals surface area contributed by atoms with Gasteiger partial charge in [0.25, 0.3) is 5.91 Å². The van der Waals surface area contributed by atoms with E-state index in [1.54, 1.807) is 12.1 Å². The van der Waals surface area contributed by atoms with Crippen LogP contribution in [0.25, 0.3) is 0 Å². The second-order valence-corrected chi connectivity index (χ2v) is 7.09. The lowest BCUT2D eigenvalue weighted by Crippen LogP contribution is -2.42. The number of rotatable bonds is 9. The minimum atomic E-state index is -0.502. The predicted molar refractivity (Wildman–Crippen MR) is 103 cm³/mol. The van der Waals surface area contributed by atoms with Crippen molar-refractivity contribution in [3.8, 4) is 5.75 Å². The van der Waals surface area contributed by atoms with Crippen LogP contribution in [0.4, 0.5) is 0 Å². The fourth-order valence-electron chi connectivity index (χ4n) is 3.44. The lowest BCUT2D eigenvalue weighted by Gasteiger charge is -2.35. The van der Waals surface area contributed by atoms with Crippen LogP contribution in [0.5, 0.6) is 5.75 Å².